The summed E-state index contributed by atoms with van der Waals surface area (Å²) in [7, 11) is 0. The molecule has 5 fully saturated rings. The van der Waals surface area contributed by atoms with Gasteiger partial charge in [-0.05, 0) is 74.8 Å². The normalized spacial score (nSPS) is 37.6. The van der Waals surface area contributed by atoms with Gasteiger partial charge in [0.1, 0.15) is 0 Å². The second kappa shape index (κ2) is 7.30. The van der Waals surface area contributed by atoms with E-state index >= 15 is 0 Å². The highest BCUT2D eigenvalue weighted by atomic mass is 16.5. The van der Waals surface area contributed by atoms with Crippen molar-refractivity contribution in [1.29, 1.82) is 0 Å². The number of carbonyl (C=O) groups excluding carboxylic acids is 1. The Morgan fingerprint density at radius 1 is 1.24 bits per heavy atom. The number of aromatic nitrogens is 4. The van der Waals surface area contributed by atoms with Crippen molar-refractivity contribution in [3.63, 3.8) is 0 Å². The fourth-order valence-corrected chi connectivity index (χ4v) is 7.14. The van der Waals surface area contributed by atoms with Gasteiger partial charge in [0, 0.05) is 32.1 Å². The third-order valence-corrected chi connectivity index (χ3v) is 7.89. The highest BCUT2D eigenvalue weighted by molar-refractivity contribution is 5.76. The fourth-order valence-electron chi connectivity index (χ4n) is 7.14. The maximum Gasteiger partial charge on any atom is 0.220 e. The van der Waals surface area contributed by atoms with Gasteiger partial charge >= 0.3 is 0 Å². The molecule has 160 valence electrons. The van der Waals surface area contributed by atoms with Crippen LogP contribution in [0.1, 0.15) is 57.7 Å². The molecule has 1 N–H and O–H groups in total. The highest BCUT2D eigenvalue weighted by Crippen LogP contribution is 2.65. The number of tetrazole rings is 1. The number of rotatable bonds is 6. The Morgan fingerprint density at radius 2 is 1.97 bits per heavy atom. The van der Waals surface area contributed by atoms with Gasteiger partial charge in [-0.2, -0.15) is 4.80 Å². The summed E-state index contributed by atoms with van der Waals surface area (Å²) in [6, 6.07) is 0.355. The predicted molar refractivity (Wildman–Crippen MR) is 107 cm³/mol. The second-order valence-electron chi connectivity index (χ2n) is 10.3. The van der Waals surface area contributed by atoms with Crippen LogP contribution in [0.5, 0.6) is 0 Å². The molecular weight excluding hydrogens is 368 g/mol. The van der Waals surface area contributed by atoms with Gasteiger partial charge in [0.25, 0.3) is 0 Å². The standard InChI is InChI=1S/C21H34N6O2/c1-15(26-3-5-29-6-4-26)13-22-19(28)12-20-8-17-7-18(9-20)11-21(10-17,14-20)27-24-16(2)23-25-27/h15,17-18H,3-14H2,1-2H3,(H,22,28)/t15-,17-,18-,20?,21?/m0/s1. The minimum absolute atomic E-state index is 0.0211. The number of hydrogen-bond donors (Lipinski definition) is 1. The predicted octanol–water partition coefficient (Wildman–Crippen LogP) is 1.50. The van der Waals surface area contributed by atoms with Crippen LogP contribution >= 0.6 is 0 Å². The van der Waals surface area contributed by atoms with Crippen molar-refractivity contribution in [2.24, 2.45) is 17.3 Å². The first-order chi connectivity index (χ1) is 14.0. The smallest absolute Gasteiger partial charge is 0.220 e. The van der Waals surface area contributed by atoms with Crippen molar-refractivity contribution < 1.29 is 9.53 Å². The molecule has 6 rings (SSSR count). The van der Waals surface area contributed by atoms with E-state index in [4.69, 9.17) is 4.74 Å². The Bertz CT molecular complexity index is 744. The average Bonchev–Trinajstić information content (AvgIpc) is 3.13. The molecule has 0 spiro atoms. The summed E-state index contributed by atoms with van der Waals surface area (Å²) in [5, 5.41) is 16.4. The van der Waals surface area contributed by atoms with Crippen LogP contribution in [0, 0.1) is 24.2 Å². The lowest BCUT2D eigenvalue weighted by Crippen LogP contribution is -2.58. The lowest BCUT2D eigenvalue weighted by molar-refractivity contribution is -0.139. The van der Waals surface area contributed by atoms with Crippen molar-refractivity contribution in [2.45, 2.75) is 70.4 Å². The summed E-state index contributed by atoms with van der Waals surface area (Å²) in [6.45, 7) is 8.32. The number of nitrogens with zero attached hydrogens (tertiary/aromatic N) is 5. The molecule has 1 aromatic heterocycles. The molecule has 2 heterocycles. The van der Waals surface area contributed by atoms with Gasteiger partial charge in [-0.25, -0.2) is 0 Å². The molecule has 0 unspecified atom stereocenters. The average molecular weight is 403 g/mol. The lowest BCUT2D eigenvalue weighted by Gasteiger charge is -2.61. The van der Waals surface area contributed by atoms with Gasteiger partial charge in [-0.15, -0.1) is 10.2 Å². The van der Waals surface area contributed by atoms with Crippen molar-refractivity contribution in [3.05, 3.63) is 5.82 Å². The third kappa shape index (κ3) is 3.69. The molecular formula is C21H34N6O2. The van der Waals surface area contributed by atoms with E-state index in [-0.39, 0.29) is 16.9 Å². The molecule has 4 bridgehead atoms. The Kier molecular flexibility index (Phi) is 4.89. The molecule has 1 aliphatic heterocycles. The molecule has 29 heavy (non-hydrogen) atoms. The zero-order chi connectivity index (χ0) is 20.1. The van der Waals surface area contributed by atoms with Crippen LogP contribution in [0.3, 0.4) is 0 Å². The summed E-state index contributed by atoms with van der Waals surface area (Å²) in [4.78, 5) is 17.3. The van der Waals surface area contributed by atoms with E-state index in [2.05, 4.69) is 32.6 Å². The highest BCUT2D eigenvalue weighted by Gasteiger charge is 2.59. The van der Waals surface area contributed by atoms with Gasteiger partial charge in [0.2, 0.25) is 5.91 Å². The Morgan fingerprint density at radius 3 is 2.62 bits per heavy atom. The molecule has 4 aliphatic carbocycles. The largest absolute Gasteiger partial charge is 0.379 e. The van der Waals surface area contributed by atoms with E-state index in [0.717, 1.165) is 57.9 Å². The van der Waals surface area contributed by atoms with Crippen LogP contribution in [0.2, 0.25) is 0 Å². The Labute approximate surface area is 172 Å². The molecule has 8 nitrogen and oxygen atoms in total. The molecule has 3 atom stereocenters. The minimum Gasteiger partial charge on any atom is -0.379 e. The maximum atomic E-state index is 13.0. The van der Waals surface area contributed by atoms with Crippen LogP contribution in [-0.4, -0.2) is 69.9 Å². The molecule has 5 aliphatic rings. The number of nitrogens with one attached hydrogen (secondary N) is 1. The summed E-state index contributed by atoms with van der Waals surface area (Å²) in [5.74, 6) is 2.35. The van der Waals surface area contributed by atoms with Crippen molar-refractivity contribution in [1.82, 2.24) is 30.4 Å². The van der Waals surface area contributed by atoms with E-state index in [0.29, 0.717) is 24.3 Å². The topological polar surface area (TPSA) is 85.2 Å². The fraction of sp³-hybridized carbons (Fsp3) is 0.905. The summed E-state index contributed by atoms with van der Waals surface area (Å²) < 4.78 is 5.44. The molecule has 1 amide bonds. The number of aryl methyl sites for hydroxylation is 1. The van der Waals surface area contributed by atoms with Crippen molar-refractivity contribution >= 4 is 5.91 Å². The number of hydrogen-bond acceptors (Lipinski definition) is 6. The monoisotopic (exact) mass is 402 g/mol. The van der Waals surface area contributed by atoms with Crippen LogP contribution < -0.4 is 5.32 Å². The summed E-state index contributed by atoms with van der Waals surface area (Å²) >= 11 is 0. The van der Waals surface area contributed by atoms with Gasteiger partial charge < -0.3 is 10.1 Å². The molecule has 1 saturated heterocycles. The van der Waals surface area contributed by atoms with E-state index in [1.165, 1.54) is 19.3 Å². The third-order valence-electron chi connectivity index (χ3n) is 7.89. The molecule has 8 heteroatoms. The number of amides is 1. The van der Waals surface area contributed by atoms with E-state index in [1.807, 2.05) is 11.7 Å². The molecule has 0 radical (unpaired) electrons. The number of carbonyl (C=O) groups is 1. The Hall–Kier alpha value is -1.54. The Balaban J connectivity index is 1.24. The minimum atomic E-state index is -0.0211. The summed E-state index contributed by atoms with van der Waals surface area (Å²) in [5.41, 5.74) is 0.0879. The lowest BCUT2D eigenvalue weighted by atomic mass is 9.46. The maximum absolute atomic E-state index is 13.0. The van der Waals surface area contributed by atoms with Crippen LogP contribution in [0.4, 0.5) is 0 Å². The number of ether oxygens (including phenoxy) is 1. The van der Waals surface area contributed by atoms with E-state index in [1.54, 1.807) is 0 Å². The van der Waals surface area contributed by atoms with Crippen LogP contribution in [0.25, 0.3) is 0 Å². The van der Waals surface area contributed by atoms with Crippen molar-refractivity contribution in [2.75, 3.05) is 32.8 Å². The van der Waals surface area contributed by atoms with E-state index < -0.39 is 0 Å². The molecule has 1 aromatic rings. The van der Waals surface area contributed by atoms with Gasteiger partial charge in [0.05, 0.1) is 18.8 Å². The van der Waals surface area contributed by atoms with Gasteiger partial charge in [0.15, 0.2) is 5.82 Å². The first-order valence-corrected chi connectivity index (χ1v) is 11.3. The quantitative estimate of drug-likeness (QED) is 0.776. The van der Waals surface area contributed by atoms with Gasteiger partial charge in [-0.3, -0.25) is 9.69 Å². The zero-order valence-electron chi connectivity index (χ0n) is 17.8. The second-order valence-corrected chi connectivity index (χ2v) is 10.3. The molecule has 4 saturated carbocycles. The number of morpholine rings is 1. The summed E-state index contributed by atoms with van der Waals surface area (Å²) in [6.07, 6.45) is 7.65. The zero-order valence-corrected chi connectivity index (χ0v) is 17.8. The molecule has 0 aromatic carbocycles. The van der Waals surface area contributed by atoms with E-state index in [9.17, 15) is 4.79 Å². The SMILES string of the molecule is Cc1nnn(C23C[C@H]4C[C@@H](CC(CC(=O)NC[C@H](C)N5CCOCC5)(C4)C2)C3)n1. The van der Waals surface area contributed by atoms with Crippen molar-refractivity contribution in [3.8, 4) is 0 Å². The van der Waals surface area contributed by atoms with Gasteiger partial charge in [-0.1, -0.05) is 0 Å². The van der Waals surface area contributed by atoms with Crippen LogP contribution in [-0.2, 0) is 15.1 Å². The first-order valence-electron chi connectivity index (χ1n) is 11.3. The first kappa shape index (κ1) is 19.4. The van der Waals surface area contributed by atoms with Crippen LogP contribution in [0.15, 0.2) is 0 Å².